The van der Waals surface area contributed by atoms with E-state index in [2.05, 4.69) is 32.1 Å². The van der Waals surface area contributed by atoms with Crippen LogP contribution < -0.4 is 19.7 Å². The Balaban J connectivity index is 1.35. The Morgan fingerprint density at radius 2 is 1.87 bits per heavy atom. The van der Waals surface area contributed by atoms with Gasteiger partial charge in [-0.1, -0.05) is 0 Å². The Hall–Kier alpha value is -3.50. The van der Waals surface area contributed by atoms with Crippen LogP contribution in [-0.2, 0) is 0 Å². The van der Waals surface area contributed by atoms with Gasteiger partial charge in [-0.25, -0.2) is 8.78 Å². The first-order valence-electron chi connectivity index (χ1n) is 13.7. The number of fused-ring (bicyclic) bond motifs is 4. The number of hydrogen-bond acceptors (Lipinski definition) is 7. The number of piperazine rings is 1. The van der Waals surface area contributed by atoms with Crippen molar-refractivity contribution in [2.24, 2.45) is 0 Å². The number of nitrogens with one attached hydrogen (secondary N) is 2. The Bertz CT molecular complexity index is 1550. The van der Waals surface area contributed by atoms with E-state index >= 15 is 8.78 Å². The Kier molecular flexibility index (Phi) is 6.04. The molecule has 204 valence electrons. The Morgan fingerprint density at radius 3 is 2.62 bits per heavy atom. The molecule has 0 saturated carbocycles. The minimum absolute atomic E-state index is 0.0694. The highest BCUT2D eigenvalue weighted by Crippen LogP contribution is 2.39. The van der Waals surface area contributed by atoms with E-state index in [1.807, 2.05) is 0 Å². The lowest BCUT2D eigenvalue weighted by Crippen LogP contribution is -2.51. The largest absolute Gasteiger partial charge is 0.497 e. The number of ether oxygens (including phenoxy) is 2. The van der Waals surface area contributed by atoms with Gasteiger partial charge in [0, 0.05) is 65.3 Å². The van der Waals surface area contributed by atoms with Crippen molar-refractivity contribution in [2.45, 2.75) is 43.8 Å². The molecule has 39 heavy (non-hydrogen) atoms. The van der Waals surface area contributed by atoms with Crippen molar-refractivity contribution < 1.29 is 18.3 Å². The molecule has 4 aromatic rings. The molecule has 3 fully saturated rings. The van der Waals surface area contributed by atoms with Crippen molar-refractivity contribution in [1.82, 2.24) is 25.2 Å². The van der Waals surface area contributed by atoms with Crippen LogP contribution in [0.4, 0.5) is 14.6 Å². The summed E-state index contributed by atoms with van der Waals surface area (Å²) in [6, 6.07) is 7.83. The topological polar surface area (TPSA) is 78.5 Å². The van der Waals surface area contributed by atoms with Crippen LogP contribution in [0.15, 0.2) is 30.5 Å². The highest BCUT2D eigenvalue weighted by Gasteiger charge is 2.34. The molecule has 2 bridgehead atoms. The minimum Gasteiger partial charge on any atom is -0.497 e. The number of nitrogens with zero attached hydrogens (tertiary/aromatic N) is 4. The van der Waals surface area contributed by atoms with Gasteiger partial charge in [-0.15, -0.1) is 0 Å². The number of aromatic amines is 1. The van der Waals surface area contributed by atoms with E-state index in [1.54, 1.807) is 31.5 Å². The zero-order chi connectivity index (χ0) is 26.7. The predicted molar refractivity (Wildman–Crippen MR) is 147 cm³/mol. The summed E-state index contributed by atoms with van der Waals surface area (Å²) in [5.74, 6) is -0.180. The summed E-state index contributed by atoms with van der Waals surface area (Å²) in [5, 5.41) is 4.67. The number of anilines is 1. The summed E-state index contributed by atoms with van der Waals surface area (Å²) in [6.07, 6.45) is 5.94. The summed E-state index contributed by atoms with van der Waals surface area (Å²) in [7, 11) is 3.66. The number of H-pyrrole nitrogens is 1. The third kappa shape index (κ3) is 4.26. The van der Waals surface area contributed by atoms with Crippen molar-refractivity contribution >= 4 is 27.6 Å². The molecule has 2 aromatic carbocycles. The minimum atomic E-state index is -0.716. The average molecular weight is 535 g/mol. The van der Waals surface area contributed by atoms with Gasteiger partial charge in [-0.3, -0.25) is 0 Å². The van der Waals surface area contributed by atoms with E-state index in [-0.39, 0.29) is 23.1 Å². The van der Waals surface area contributed by atoms with Crippen LogP contribution in [0.2, 0.25) is 0 Å². The molecule has 0 aliphatic carbocycles. The first-order chi connectivity index (χ1) is 19.0. The molecule has 0 spiro atoms. The van der Waals surface area contributed by atoms with Gasteiger partial charge in [0.1, 0.15) is 29.5 Å². The summed E-state index contributed by atoms with van der Waals surface area (Å²) in [6.45, 7) is 2.90. The molecule has 0 amide bonds. The summed E-state index contributed by atoms with van der Waals surface area (Å²) >= 11 is 0. The smallest absolute Gasteiger partial charge is 0.319 e. The molecule has 3 atom stereocenters. The van der Waals surface area contributed by atoms with E-state index in [4.69, 9.17) is 14.5 Å². The van der Waals surface area contributed by atoms with E-state index in [1.165, 1.54) is 6.07 Å². The van der Waals surface area contributed by atoms with Gasteiger partial charge in [0.15, 0.2) is 5.82 Å². The van der Waals surface area contributed by atoms with Crippen LogP contribution in [0.25, 0.3) is 32.9 Å². The quantitative estimate of drug-likeness (QED) is 0.378. The van der Waals surface area contributed by atoms with Crippen LogP contribution in [-0.4, -0.2) is 78.4 Å². The van der Waals surface area contributed by atoms with Crippen LogP contribution in [0.1, 0.15) is 25.7 Å². The molecule has 3 aliphatic heterocycles. The summed E-state index contributed by atoms with van der Waals surface area (Å²) < 4.78 is 43.6. The molecule has 5 heterocycles. The number of benzene rings is 2. The van der Waals surface area contributed by atoms with E-state index in [0.717, 1.165) is 50.8 Å². The van der Waals surface area contributed by atoms with Crippen molar-refractivity contribution in [1.29, 1.82) is 0 Å². The lowest BCUT2D eigenvalue weighted by molar-refractivity contribution is 0.188. The van der Waals surface area contributed by atoms with Gasteiger partial charge in [-0.2, -0.15) is 9.97 Å². The first-order valence-corrected chi connectivity index (χ1v) is 13.7. The molecule has 10 heteroatoms. The number of methoxy groups -OCH3 is 1. The standard InChI is InChI=1S/C29H32F2N6O2/c1-36-9-3-4-18(36)15-39-29-34-27-21(28(35-29)37-13-16-5-6-17(14-37)33-16)11-23(30)25(26(27)31)22-12-32-24-10-19(38-2)7-8-20(22)24/h7-8,10-12,16-18,32-33H,3-6,9,13-15H2,1-2H3/t16-,17+,18-/m0/s1. The monoisotopic (exact) mass is 534 g/mol. The number of hydrogen-bond donors (Lipinski definition) is 2. The molecular formula is C29H32F2N6O2. The van der Waals surface area contributed by atoms with Crippen molar-refractivity contribution in [2.75, 3.05) is 45.3 Å². The van der Waals surface area contributed by atoms with E-state index < -0.39 is 11.6 Å². The van der Waals surface area contributed by atoms with Crippen molar-refractivity contribution in [3.05, 3.63) is 42.1 Å². The normalized spacial score (nSPS) is 23.3. The maximum absolute atomic E-state index is 16.4. The van der Waals surface area contributed by atoms with E-state index in [0.29, 0.717) is 46.6 Å². The molecular weight excluding hydrogens is 502 g/mol. The lowest BCUT2D eigenvalue weighted by atomic mass is 10.0. The Morgan fingerprint density at radius 1 is 1.05 bits per heavy atom. The third-order valence-electron chi connectivity index (χ3n) is 8.59. The zero-order valence-corrected chi connectivity index (χ0v) is 22.1. The fourth-order valence-corrected chi connectivity index (χ4v) is 6.48. The molecule has 0 unspecified atom stereocenters. The molecule has 2 N–H and O–H groups in total. The fourth-order valence-electron chi connectivity index (χ4n) is 6.48. The third-order valence-corrected chi connectivity index (χ3v) is 8.59. The maximum atomic E-state index is 16.4. The molecule has 2 aromatic heterocycles. The number of halogens is 2. The first kappa shape index (κ1) is 24.5. The summed E-state index contributed by atoms with van der Waals surface area (Å²) in [4.78, 5) is 16.8. The van der Waals surface area contributed by atoms with Gasteiger partial charge >= 0.3 is 6.01 Å². The summed E-state index contributed by atoms with van der Waals surface area (Å²) in [5.41, 5.74) is 1.11. The zero-order valence-electron chi connectivity index (χ0n) is 22.1. The molecule has 7 rings (SSSR count). The second-order valence-electron chi connectivity index (χ2n) is 11.0. The average Bonchev–Trinajstić information content (AvgIpc) is 3.65. The van der Waals surface area contributed by atoms with E-state index in [9.17, 15) is 0 Å². The number of rotatable bonds is 6. The number of likely N-dealkylation sites (N-methyl/N-ethyl adjacent to an activating group) is 1. The SMILES string of the molecule is COc1ccc2c(-c3c(F)cc4c(N5C[C@H]6CC[C@@H](C5)N6)nc(OC[C@@H]5CCCN5C)nc4c3F)c[nH]c2c1. The number of aromatic nitrogens is 3. The lowest BCUT2D eigenvalue weighted by Gasteiger charge is -2.34. The van der Waals surface area contributed by atoms with Gasteiger partial charge in [-0.05, 0) is 57.5 Å². The van der Waals surface area contributed by atoms with Crippen molar-refractivity contribution in [3.8, 4) is 22.9 Å². The molecule has 8 nitrogen and oxygen atoms in total. The van der Waals surface area contributed by atoms with Crippen LogP contribution in [0, 0.1) is 11.6 Å². The highest BCUT2D eigenvalue weighted by molar-refractivity contribution is 6.00. The predicted octanol–water partition coefficient (Wildman–Crippen LogP) is 4.48. The van der Waals surface area contributed by atoms with Gasteiger partial charge in [0.2, 0.25) is 0 Å². The highest BCUT2D eigenvalue weighted by atomic mass is 19.1. The van der Waals surface area contributed by atoms with Crippen LogP contribution >= 0.6 is 0 Å². The van der Waals surface area contributed by atoms with Gasteiger partial charge in [0.05, 0.1) is 12.7 Å². The fraction of sp³-hybridized carbons (Fsp3) is 0.448. The Labute approximate surface area is 225 Å². The van der Waals surface area contributed by atoms with Gasteiger partial charge in [0.25, 0.3) is 0 Å². The second-order valence-corrected chi connectivity index (χ2v) is 11.0. The molecule has 3 aliphatic rings. The second kappa shape index (κ2) is 9.60. The van der Waals surface area contributed by atoms with Crippen LogP contribution in [0.5, 0.6) is 11.8 Å². The molecule has 3 saturated heterocycles. The maximum Gasteiger partial charge on any atom is 0.319 e. The molecule has 0 radical (unpaired) electrons. The number of likely N-dealkylation sites (tertiary alicyclic amines) is 1. The van der Waals surface area contributed by atoms with Crippen LogP contribution in [0.3, 0.4) is 0 Å². The van der Waals surface area contributed by atoms with Crippen molar-refractivity contribution in [3.63, 3.8) is 0 Å². The van der Waals surface area contributed by atoms with Gasteiger partial charge < -0.3 is 29.6 Å².